The van der Waals surface area contributed by atoms with Gasteiger partial charge in [-0.15, -0.1) is 0 Å². The maximum Gasteiger partial charge on any atom is 0.292 e. The predicted molar refractivity (Wildman–Crippen MR) is 98.8 cm³/mol. The number of nitro groups is 1. The number of benzene rings is 2. The van der Waals surface area contributed by atoms with Gasteiger partial charge in [0.25, 0.3) is 5.69 Å². The molecule has 0 amide bonds. The van der Waals surface area contributed by atoms with Gasteiger partial charge in [0.2, 0.25) is 0 Å². The number of rotatable bonds is 4. The summed E-state index contributed by atoms with van der Waals surface area (Å²) in [5.74, 6) is 0. The molecule has 0 atom stereocenters. The van der Waals surface area contributed by atoms with Crippen LogP contribution in [0.25, 0.3) is 0 Å². The summed E-state index contributed by atoms with van der Waals surface area (Å²) < 4.78 is 0. The lowest BCUT2D eigenvalue weighted by Crippen LogP contribution is -2.46. The lowest BCUT2D eigenvalue weighted by atomic mass is 9.85. The summed E-state index contributed by atoms with van der Waals surface area (Å²) in [5.41, 5.74) is 8.40. The number of aliphatic hydroxyl groups is 1. The van der Waals surface area contributed by atoms with Crippen LogP contribution in [0.15, 0.2) is 42.5 Å². The second kappa shape index (κ2) is 6.72. The molecule has 25 heavy (non-hydrogen) atoms. The number of hydrogen-bond donors (Lipinski definition) is 2. The van der Waals surface area contributed by atoms with Crippen LogP contribution in [0.3, 0.4) is 0 Å². The van der Waals surface area contributed by atoms with Gasteiger partial charge < -0.3 is 15.7 Å². The van der Waals surface area contributed by atoms with E-state index in [1.54, 1.807) is 12.1 Å². The predicted octanol–water partition coefficient (Wildman–Crippen LogP) is 3.06. The zero-order valence-electron chi connectivity index (χ0n) is 14.3. The Morgan fingerprint density at radius 3 is 2.60 bits per heavy atom. The summed E-state index contributed by atoms with van der Waals surface area (Å²) >= 11 is 0. The van der Waals surface area contributed by atoms with Crippen LogP contribution in [0, 0.1) is 17.0 Å². The highest BCUT2D eigenvalue weighted by atomic mass is 16.6. The Morgan fingerprint density at radius 1 is 1.24 bits per heavy atom. The Bertz CT molecular complexity index is 783. The van der Waals surface area contributed by atoms with Crippen molar-refractivity contribution in [2.75, 3.05) is 23.7 Å². The van der Waals surface area contributed by atoms with Gasteiger partial charge in [-0.2, -0.15) is 0 Å². The van der Waals surface area contributed by atoms with Gasteiger partial charge >= 0.3 is 0 Å². The van der Waals surface area contributed by atoms with Crippen molar-refractivity contribution in [2.24, 2.45) is 0 Å². The second-order valence-electron chi connectivity index (χ2n) is 6.88. The maximum atomic E-state index is 11.3. The number of nitro benzene ring substituents is 1. The van der Waals surface area contributed by atoms with E-state index in [-0.39, 0.29) is 10.6 Å². The van der Waals surface area contributed by atoms with Crippen LogP contribution in [0.2, 0.25) is 0 Å². The van der Waals surface area contributed by atoms with Crippen LogP contribution in [0.4, 0.5) is 17.1 Å². The van der Waals surface area contributed by atoms with Gasteiger partial charge in [-0.05, 0) is 37.5 Å². The molecule has 6 heteroatoms. The summed E-state index contributed by atoms with van der Waals surface area (Å²) in [5, 5.41) is 22.2. The quantitative estimate of drug-likeness (QED) is 0.506. The highest BCUT2D eigenvalue weighted by Gasteiger charge is 2.34. The fourth-order valence-corrected chi connectivity index (χ4v) is 3.49. The topological polar surface area (TPSA) is 92.6 Å². The van der Waals surface area contributed by atoms with E-state index in [4.69, 9.17) is 5.73 Å². The summed E-state index contributed by atoms with van der Waals surface area (Å²) in [6, 6.07) is 12.8. The molecule has 132 valence electrons. The van der Waals surface area contributed by atoms with Crippen molar-refractivity contribution in [2.45, 2.75) is 31.8 Å². The van der Waals surface area contributed by atoms with E-state index in [2.05, 4.69) is 6.07 Å². The van der Waals surface area contributed by atoms with Gasteiger partial charge in [-0.25, -0.2) is 0 Å². The number of nitrogen functional groups attached to an aromatic ring is 1. The Labute approximate surface area is 147 Å². The molecule has 0 bridgehead atoms. The molecule has 3 N–H and O–H groups in total. The highest BCUT2D eigenvalue weighted by Crippen LogP contribution is 2.35. The summed E-state index contributed by atoms with van der Waals surface area (Å²) in [4.78, 5) is 12.8. The second-order valence-corrected chi connectivity index (χ2v) is 6.88. The molecule has 0 saturated carbocycles. The fourth-order valence-electron chi connectivity index (χ4n) is 3.49. The zero-order chi connectivity index (χ0) is 18.0. The molecular formula is C19H23N3O3. The Hall–Kier alpha value is -2.60. The van der Waals surface area contributed by atoms with Crippen molar-refractivity contribution in [1.82, 2.24) is 0 Å². The third-order valence-electron chi connectivity index (χ3n) is 4.85. The first-order valence-electron chi connectivity index (χ1n) is 8.43. The van der Waals surface area contributed by atoms with Gasteiger partial charge in [0, 0.05) is 31.3 Å². The van der Waals surface area contributed by atoms with Crippen molar-refractivity contribution in [1.29, 1.82) is 0 Å². The number of piperidine rings is 1. The van der Waals surface area contributed by atoms with E-state index in [0.717, 1.165) is 5.56 Å². The van der Waals surface area contributed by atoms with Crippen molar-refractivity contribution in [3.05, 3.63) is 63.7 Å². The molecule has 2 aromatic rings. The fraction of sp³-hybridized carbons (Fsp3) is 0.368. The molecule has 2 aromatic carbocycles. The molecule has 0 radical (unpaired) electrons. The molecule has 0 unspecified atom stereocenters. The monoisotopic (exact) mass is 341 g/mol. The minimum Gasteiger partial charge on any atom is -0.399 e. The van der Waals surface area contributed by atoms with Gasteiger partial charge in [-0.3, -0.25) is 10.1 Å². The third-order valence-corrected chi connectivity index (χ3v) is 4.85. The van der Waals surface area contributed by atoms with E-state index >= 15 is 0 Å². The van der Waals surface area contributed by atoms with Gasteiger partial charge in [0.1, 0.15) is 5.69 Å². The van der Waals surface area contributed by atoms with Gasteiger partial charge in [-0.1, -0.05) is 29.8 Å². The smallest absolute Gasteiger partial charge is 0.292 e. The first kappa shape index (κ1) is 17.2. The largest absolute Gasteiger partial charge is 0.399 e. The summed E-state index contributed by atoms with van der Waals surface area (Å²) in [6.45, 7) is 3.16. The third kappa shape index (κ3) is 3.91. The average Bonchev–Trinajstić information content (AvgIpc) is 2.55. The van der Waals surface area contributed by atoms with E-state index in [1.807, 2.05) is 30.0 Å². The number of nitrogens with zero attached hydrogens (tertiary/aromatic N) is 2. The Balaban J connectivity index is 1.73. The first-order chi connectivity index (χ1) is 11.9. The normalized spacial score (nSPS) is 16.6. The van der Waals surface area contributed by atoms with Crippen molar-refractivity contribution in [3.63, 3.8) is 0 Å². The standard InChI is InChI=1S/C19H23N3O3/c1-14-3-2-4-15(11-14)13-19(23)7-9-21(10-8-19)18-12-16(20)5-6-17(18)22(24)25/h2-6,11-12,23H,7-10,13,20H2,1H3. The number of aryl methyl sites for hydroxylation is 1. The summed E-state index contributed by atoms with van der Waals surface area (Å²) in [7, 11) is 0. The van der Waals surface area contributed by atoms with Crippen molar-refractivity contribution < 1.29 is 10.0 Å². The van der Waals surface area contributed by atoms with Crippen LogP contribution >= 0.6 is 0 Å². The van der Waals surface area contributed by atoms with Crippen LogP contribution in [0.1, 0.15) is 24.0 Å². The van der Waals surface area contributed by atoms with Gasteiger partial charge in [0.05, 0.1) is 10.5 Å². The molecule has 1 fully saturated rings. The van der Waals surface area contributed by atoms with Gasteiger partial charge in [0.15, 0.2) is 0 Å². The summed E-state index contributed by atoms with van der Waals surface area (Å²) in [6.07, 6.45) is 1.72. The Kier molecular flexibility index (Phi) is 4.63. The van der Waals surface area contributed by atoms with Crippen LogP contribution in [-0.2, 0) is 6.42 Å². The van der Waals surface area contributed by atoms with E-state index in [9.17, 15) is 15.2 Å². The maximum absolute atomic E-state index is 11.3. The Morgan fingerprint density at radius 2 is 1.96 bits per heavy atom. The number of nitrogens with two attached hydrogens (primary N) is 1. The zero-order valence-corrected chi connectivity index (χ0v) is 14.3. The first-order valence-corrected chi connectivity index (χ1v) is 8.43. The molecule has 1 aliphatic heterocycles. The van der Waals surface area contributed by atoms with Crippen molar-refractivity contribution >= 4 is 17.1 Å². The van der Waals surface area contributed by atoms with Crippen LogP contribution in [0.5, 0.6) is 0 Å². The van der Waals surface area contributed by atoms with Crippen LogP contribution in [-0.4, -0.2) is 28.7 Å². The average molecular weight is 341 g/mol. The molecule has 0 aliphatic carbocycles. The van der Waals surface area contributed by atoms with E-state index in [0.29, 0.717) is 43.7 Å². The molecule has 3 rings (SSSR count). The lowest BCUT2D eigenvalue weighted by Gasteiger charge is -2.39. The number of hydrogen-bond acceptors (Lipinski definition) is 5. The van der Waals surface area contributed by atoms with E-state index in [1.165, 1.54) is 11.6 Å². The lowest BCUT2D eigenvalue weighted by molar-refractivity contribution is -0.384. The minimum absolute atomic E-state index is 0.0540. The SMILES string of the molecule is Cc1cccc(CC2(O)CCN(c3cc(N)ccc3[N+](=O)[O-])CC2)c1. The molecular weight excluding hydrogens is 318 g/mol. The van der Waals surface area contributed by atoms with E-state index < -0.39 is 5.60 Å². The number of anilines is 2. The highest BCUT2D eigenvalue weighted by molar-refractivity contribution is 5.69. The van der Waals surface area contributed by atoms with Crippen LogP contribution < -0.4 is 10.6 Å². The molecule has 6 nitrogen and oxygen atoms in total. The minimum atomic E-state index is -0.778. The molecule has 1 aliphatic rings. The van der Waals surface area contributed by atoms with Crippen molar-refractivity contribution in [3.8, 4) is 0 Å². The molecule has 0 spiro atoms. The molecule has 1 heterocycles. The molecule has 1 saturated heterocycles. The molecule has 0 aromatic heterocycles.